The highest BCUT2D eigenvalue weighted by Crippen LogP contribution is 2.37. The summed E-state index contributed by atoms with van der Waals surface area (Å²) in [7, 11) is 2.05. The molecule has 1 aromatic carbocycles. The van der Waals surface area contributed by atoms with Crippen LogP contribution in [0.15, 0.2) is 24.3 Å². The lowest BCUT2D eigenvalue weighted by atomic mass is 10.0. The summed E-state index contributed by atoms with van der Waals surface area (Å²) >= 11 is 1.46. The maximum absolute atomic E-state index is 12.7. The smallest absolute Gasteiger partial charge is 0.341 e. The van der Waals surface area contributed by atoms with Crippen molar-refractivity contribution in [3.63, 3.8) is 0 Å². The fraction of sp³-hybridized carbons (Fsp3) is 0.429. The van der Waals surface area contributed by atoms with E-state index >= 15 is 0 Å². The number of halogens is 1. The molecule has 1 aliphatic rings. The Hall–Kier alpha value is -2.09. The van der Waals surface area contributed by atoms with E-state index in [0.29, 0.717) is 28.5 Å². The van der Waals surface area contributed by atoms with Gasteiger partial charge in [0.15, 0.2) is 0 Å². The summed E-state index contributed by atoms with van der Waals surface area (Å²) in [6, 6.07) is 6.99. The first-order valence-corrected chi connectivity index (χ1v) is 10.3. The normalized spacial score (nSPS) is 13.4. The molecule has 29 heavy (non-hydrogen) atoms. The predicted molar refractivity (Wildman–Crippen MR) is 118 cm³/mol. The zero-order chi connectivity index (χ0) is 20.3. The van der Waals surface area contributed by atoms with Gasteiger partial charge in [0.2, 0.25) is 0 Å². The molecular formula is C21H27ClN2O4S. The fourth-order valence-corrected chi connectivity index (χ4v) is 4.48. The number of benzene rings is 1. The van der Waals surface area contributed by atoms with Crippen LogP contribution in [0.4, 0.5) is 5.00 Å². The molecule has 0 radical (unpaired) electrons. The second kappa shape index (κ2) is 10.1. The summed E-state index contributed by atoms with van der Waals surface area (Å²) in [6.07, 6.45) is 0.843. The van der Waals surface area contributed by atoms with Gasteiger partial charge in [0.1, 0.15) is 10.8 Å². The lowest BCUT2D eigenvalue weighted by Crippen LogP contribution is -2.26. The third kappa shape index (κ3) is 5.50. The zero-order valence-corrected chi connectivity index (χ0v) is 18.7. The van der Waals surface area contributed by atoms with Crippen LogP contribution in [0.1, 0.15) is 51.9 Å². The summed E-state index contributed by atoms with van der Waals surface area (Å²) < 4.78 is 10.9. The number of carbonyl (C=O) groups excluding carboxylic acids is 2. The number of nitrogens with zero attached hydrogens (tertiary/aromatic N) is 1. The standard InChI is InChI=1S/C21H26N2O4S.ClH/c1-5-26-21(25)18-16-10-11-23(4)12-17(16)28-20(18)22-19(24)14-6-8-15(9-7-14)27-13(2)3;/h6-9,13H,5,10-12H2,1-4H3,(H,22,24);1H. The Morgan fingerprint density at radius 1 is 1.24 bits per heavy atom. The number of likely N-dealkylation sites (N-methyl/N-ethyl adjacent to an activating group) is 1. The molecule has 0 saturated heterocycles. The van der Waals surface area contributed by atoms with Gasteiger partial charge in [-0.2, -0.15) is 0 Å². The SMILES string of the molecule is CCOC(=O)c1c(NC(=O)c2ccc(OC(C)C)cc2)sc2c1CCN(C)C2.Cl. The molecule has 2 aromatic rings. The Labute approximate surface area is 181 Å². The van der Waals surface area contributed by atoms with E-state index < -0.39 is 0 Å². The van der Waals surface area contributed by atoms with Gasteiger partial charge in [-0.25, -0.2) is 4.79 Å². The van der Waals surface area contributed by atoms with Gasteiger partial charge >= 0.3 is 5.97 Å². The number of rotatable bonds is 6. The average molecular weight is 439 g/mol. The lowest BCUT2D eigenvalue weighted by Gasteiger charge is -2.22. The van der Waals surface area contributed by atoms with Crippen molar-refractivity contribution < 1.29 is 19.1 Å². The van der Waals surface area contributed by atoms with Crippen LogP contribution in [0.5, 0.6) is 5.75 Å². The van der Waals surface area contributed by atoms with Crippen molar-refractivity contribution in [2.24, 2.45) is 0 Å². The number of fused-ring (bicyclic) bond motifs is 1. The molecule has 1 N–H and O–H groups in total. The number of amides is 1. The van der Waals surface area contributed by atoms with Gasteiger partial charge in [-0.05, 0) is 64.1 Å². The number of anilines is 1. The summed E-state index contributed by atoms with van der Waals surface area (Å²) in [5.41, 5.74) is 2.01. The molecule has 1 aliphatic heterocycles. The van der Waals surface area contributed by atoms with Crippen LogP contribution in [0.25, 0.3) is 0 Å². The number of carbonyl (C=O) groups is 2. The first-order valence-electron chi connectivity index (χ1n) is 9.47. The minimum absolute atomic E-state index is 0. The van der Waals surface area contributed by atoms with E-state index in [1.54, 1.807) is 31.2 Å². The molecule has 3 rings (SSSR count). The topological polar surface area (TPSA) is 67.9 Å². The monoisotopic (exact) mass is 438 g/mol. The molecule has 8 heteroatoms. The molecule has 2 heterocycles. The van der Waals surface area contributed by atoms with Crippen molar-refractivity contribution in [2.75, 3.05) is 25.5 Å². The molecule has 6 nitrogen and oxygen atoms in total. The minimum atomic E-state index is -0.375. The molecule has 0 fully saturated rings. The van der Waals surface area contributed by atoms with Crippen molar-refractivity contribution in [1.82, 2.24) is 4.90 Å². The fourth-order valence-electron chi connectivity index (χ4n) is 3.17. The molecule has 0 spiro atoms. The minimum Gasteiger partial charge on any atom is -0.491 e. The van der Waals surface area contributed by atoms with Crippen LogP contribution in [-0.4, -0.2) is 43.1 Å². The number of hydrogen-bond donors (Lipinski definition) is 1. The van der Waals surface area contributed by atoms with Gasteiger partial charge in [0.25, 0.3) is 5.91 Å². The van der Waals surface area contributed by atoms with E-state index in [1.807, 2.05) is 20.9 Å². The molecule has 0 atom stereocenters. The highest BCUT2D eigenvalue weighted by atomic mass is 35.5. The highest BCUT2D eigenvalue weighted by molar-refractivity contribution is 7.17. The Kier molecular flexibility index (Phi) is 8.07. The van der Waals surface area contributed by atoms with Crippen LogP contribution in [0.3, 0.4) is 0 Å². The van der Waals surface area contributed by atoms with Crippen molar-refractivity contribution in [2.45, 2.75) is 39.8 Å². The predicted octanol–water partition coefficient (Wildman–Crippen LogP) is 4.37. The van der Waals surface area contributed by atoms with Crippen molar-refractivity contribution in [3.8, 4) is 5.75 Å². The summed E-state index contributed by atoms with van der Waals surface area (Å²) in [6.45, 7) is 7.63. The molecular weight excluding hydrogens is 412 g/mol. The van der Waals surface area contributed by atoms with Crippen molar-refractivity contribution in [3.05, 3.63) is 45.8 Å². The molecule has 158 valence electrons. The van der Waals surface area contributed by atoms with E-state index in [9.17, 15) is 9.59 Å². The van der Waals surface area contributed by atoms with Gasteiger partial charge in [-0.3, -0.25) is 4.79 Å². The Morgan fingerprint density at radius 3 is 2.55 bits per heavy atom. The molecule has 0 aliphatic carbocycles. The maximum Gasteiger partial charge on any atom is 0.341 e. The van der Waals surface area contributed by atoms with E-state index in [4.69, 9.17) is 9.47 Å². The Bertz CT molecular complexity index is 864. The summed E-state index contributed by atoms with van der Waals surface area (Å²) in [4.78, 5) is 28.6. The number of thiophene rings is 1. The van der Waals surface area contributed by atoms with Crippen LogP contribution in [0.2, 0.25) is 0 Å². The first-order chi connectivity index (χ1) is 13.4. The second-order valence-corrected chi connectivity index (χ2v) is 8.17. The van der Waals surface area contributed by atoms with Gasteiger partial charge in [0.05, 0.1) is 18.3 Å². The van der Waals surface area contributed by atoms with Crippen molar-refractivity contribution >= 4 is 40.6 Å². The lowest BCUT2D eigenvalue weighted by molar-refractivity contribution is 0.0526. The largest absolute Gasteiger partial charge is 0.491 e. The van der Waals surface area contributed by atoms with Gasteiger partial charge in [0, 0.05) is 23.5 Å². The van der Waals surface area contributed by atoms with E-state index in [2.05, 4.69) is 10.2 Å². The number of nitrogens with one attached hydrogen (secondary N) is 1. The number of ether oxygens (including phenoxy) is 2. The quantitative estimate of drug-likeness (QED) is 0.678. The molecule has 0 unspecified atom stereocenters. The van der Waals surface area contributed by atoms with E-state index in [0.717, 1.165) is 30.0 Å². The molecule has 1 amide bonds. The Balaban J connectivity index is 0.00000300. The number of esters is 1. The average Bonchev–Trinajstić information content (AvgIpc) is 2.98. The third-order valence-electron chi connectivity index (χ3n) is 4.44. The van der Waals surface area contributed by atoms with E-state index in [1.165, 1.54) is 11.3 Å². The van der Waals surface area contributed by atoms with Crippen LogP contribution in [-0.2, 0) is 17.7 Å². The Morgan fingerprint density at radius 2 is 1.93 bits per heavy atom. The first kappa shape index (κ1) is 23.2. The zero-order valence-electron chi connectivity index (χ0n) is 17.1. The van der Waals surface area contributed by atoms with Gasteiger partial charge < -0.3 is 19.7 Å². The molecule has 0 saturated carbocycles. The summed E-state index contributed by atoms with van der Waals surface area (Å²) in [5.74, 6) is 0.0857. The van der Waals surface area contributed by atoms with Crippen LogP contribution < -0.4 is 10.1 Å². The van der Waals surface area contributed by atoms with Crippen LogP contribution >= 0.6 is 23.7 Å². The van der Waals surface area contributed by atoms with E-state index in [-0.39, 0.29) is 30.4 Å². The molecule has 0 bridgehead atoms. The van der Waals surface area contributed by atoms with Gasteiger partial charge in [-0.1, -0.05) is 0 Å². The van der Waals surface area contributed by atoms with Crippen molar-refractivity contribution in [1.29, 1.82) is 0 Å². The second-order valence-electron chi connectivity index (χ2n) is 7.06. The third-order valence-corrected chi connectivity index (χ3v) is 5.57. The highest BCUT2D eigenvalue weighted by Gasteiger charge is 2.28. The summed E-state index contributed by atoms with van der Waals surface area (Å²) in [5, 5.41) is 3.48. The van der Waals surface area contributed by atoms with Crippen LogP contribution in [0, 0.1) is 0 Å². The maximum atomic E-state index is 12.7. The molecule has 1 aromatic heterocycles. The number of hydrogen-bond acceptors (Lipinski definition) is 6. The van der Waals surface area contributed by atoms with Gasteiger partial charge in [-0.15, -0.1) is 23.7 Å².